The number of piperidine rings is 1. The molecule has 1 atom stereocenters. The number of hydrogen-bond donors (Lipinski definition) is 1. The fraction of sp³-hybridized carbons (Fsp3) is 0.444. The van der Waals surface area contributed by atoms with E-state index in [1.54, 1.807) is 36.4 Å². The van der Waals surface area contributed by atoms with E-state index in [9.17, 15) is 13.2 Å². The predicted octanol–water partition coefficient (Wildman–Crippen LogP) is 2.73. The lowest BCUT2D eigenvalue weighted by atomic mass is 10.0. The number of sulfonamides is 1. The van der Waals surface area contributed by atoms with Gasteiger partial charge in [0.25, 0.3) is 5.91 Å². The van der Waals surface area contributed by atoms with E-state index >= 15 is 0 Å². The van der Waals surface area contributed by atoms with Crippen LogP contribution in [0.4, 0.5) is 0 Å². The molecule has 1 unspecified atom stereocenters. The Balaban J connectivity index is 1.86. The molecule has 1 saturated heterocycles. The second-order valence-corrected chi connectivity index (χ2v) is 8.20. The zero-order chi connectivity index (χ0) is 18.6. The number of carbonyl (C=O) groups excluding carboxylic acids is 1. The van der Waals surface area contributed by atoms with Gasteiger partial charge in [0, 0.05) is 19.2 Å². The van der Waals surface area contributed by atoms with Crippen LogP contribution < -0.4 is 5.32 Å². The minimum Gasteiger partial charge on any atom is -0.359 e. The second kappa shape index (κ2) is 8.01. The Morgan fingerprint density at radius 3 is 2.81 bits per heavy atom. The van der Waals surface area contributed by atoms with Gasteiger partial charge in [0.15, 0.2) is 11.5 Å². The number of carbonyl (C=O) groups is 1. The van der Waals surface area contributed by atoms with E-state index in [1.807, 2.05) is 6.92 Å². The Hall–Kier alpha value is -2.19. The molecule has 2 aromatic rings. The fourth-order valence-electron chi connectivity index (χ4n) is 3.09. The van der Waals surface area contributed by atoms with E-state index in [-0.39, 0.29) is 16.5 Å². The molecule has 1 amide bonds. The van der Waals surface area contributed by atoms with Crippen molar-refractivity contribution in [2.24, 2.45) is 0 Å². The minimum atomic E-state index is -3.64. The summed E-state index contributed by atoms with van der Waals surface area (Å²) >= 11 is 0. The molecule has 140 valence electrons. The third-order valence-corrected chi connectivity index (χ3v) is 6.35. The minimum absolute atomic E-state index is 0.177. The molecule has 7 nitrogen and oxygen atoms in total. The van der Waals surface area contributed by atoms with Crippen molar-refractivity contribution in [3.63, 3.8) is 0 Å². The number of aromatic nitrogens is 1. The Morgan fingerprint density at radius 2 is 2.08 bits per heavy atom. The normalized spacial score (nSPS) is 18.6. The molecule has 8 heteroatoms. The van der Waals surface area contributed by atoms with Gasteiger partial charge in [-0.15, -0.1) is 0 Å². The van der Waals surface area contributed by atoms with Crippen molar-refractivity contribution in [3.05, 3.63) is 47.9 Å². The maximum atomic E-state index is 13.0. The summed E-state index contributed by atoms with van der Waals surface area (Å²) in [5.41, 5.74) is 0.177. The number of rotatable bonds is 6. The molecule has 0 aliphatic carbocycles. The largest absolute Gasteiger partial charge is 0.359 e. The van der Waals surface area contributed by atoms with E-state index in [0.29, 0.717) is 25.3 Å². The molecule has 0 bridgehead atoms. The molecular formula is C18H23N3O4S. The second-order valence-electron chi connectivity index (χ2n) is 6.31. The zero-order valence-corrected chi connectivity index (χ0v) is 15.5. The molecular weight excluding hydrogens is 354 g/mol. The molecule has 3 rings (SSSR count). The molecule has 0 spiro atoms. The summed E-state index contributed by atoms with van der Waals surface area (Å²) in [6.07, 6.45) is 3.14. The van der Waals surface area contributed by atoms with E-state index < -0.39 is 16.1 Å². The molecule has 26 heavy (non-hydrogen) atoms. The number of amides is 1. The Kier molecular flexibility index (Phi) is 5.73. The fourth-order valence-corrected chi connectivity index (χ4v) is 4.77. The van der Waals surface area contributed by atoms with Gasteiger partial charge in [-0.05, 0) is 31.4 Å². The lowest BCUT2D eigenvalue weighted by molar-refractivity contribution is 0.0944. The number of benzene rings is 1. The predicted molar refractivity (Wildman–Crippen MR) is 96.1 cm³/mol. The van der Waals surface area contributed by atoms with Gasteiger partial charge in [0.1, 0.15) is 0 Å². The first-order valence-electron chi connectivity index (χ1n) is 8.85. The summed E-state index contributed by atoms with van der Waals surface area (Å²) in [5.74, 6) is 0.0981. The van der Waals surface area contributed by atoms with E-state index in [1.165, 1.54) is 4.31 Å². The Labute approximate surface area is 153 Å². The van der Waals surface area contributed by atoms with Crippen LogP contribution in [0.15, 0.2) is 45.8 Å². The molecule has 1 fully saturated rings. The number of hydrogen-bond acceptors (Lipinski definition) is 5. The van der Waals surface area contributed by atoms with Gasteiger partial charge in [-0.2, -0.15) is 4.31 Å². The Bertz CT molecular complexity index is 848. The van der Waals surface area contributed by atoms with Crippen LogP contribution >= 0.6 is 0 Å². The third-order valence-electron chi connectivity index (χ3n) is 4.43. The maximum Gasteiger partial charge on any atom is 0.273 e. The van der Waals surface area contributed by atoms with Crippen molar-refractivity contribution in [1.82, 2.24) is 14.8 Å². The number of nitrogens with one attached hydrogen (secondary N) is 1. The lowest BCUT2D eigenvalue weighted by Crippen LogP contribution is -2.38. The summed E-state index contributed by atoms with van der Waals surface area (Å²) in [4.78, 5) is 12.3. The SMILES string of the molecule is CCCNC(=O)c1cc(C2CCCCN2S(=O)(=O)c2ccccc2)on1. The molecule has 1 aromatic heterocycles. The highest BCUT2D eigenvalue weighted by atomic mass is 32.2. The van der Waals surface area contributed by atoms with Gasteiger partial charge in [0.2, 0.25) is 10.0 Å². The average molecular weight is 377 g/mol. The molecule has 0 saturated carbocycles. The first-order chi connectivity index (χ1) is 12.5. The summed E-state index contributed by atoms with van der Waals surface area (Å²) in [7, 11) is -3.64. The molecule has 1 aliphatic heterocycles. The standard InChI is InChI=1S/C18H23N3O4S/c1-2-11-19-18(22)15-13-17(25-20-15)16-10-6-7-12-21(16)26(23,24)14-8-4-3-5-9-14/h3-5,8-9,13,16H,2,6-7,10-12H2,1H3,(H,19,22). The van der Waals surface area contributed by atoms with Gasteiger partial charge < -0.3 is 9.84 Å². The first kappa shape index (κ1) is 18.6. The summed E-state index contributed by atoms with van der Waals surface area (Å²) in [5, 5.41) is 6.56. The molecule has 1 N–H and O–H groups in total. The Morgan fingerprint density at radius 1 is 1.31 bits per heavy atom. The summed E-state index contributed by atoms with van der Waals surface area (Å²) in [6, 6.07) is 9.47. The molecule has 2 heterocycles. The van der Waals surface area contributed by atoms with Crippen LogP contribution in [0.3, 0.4) is 0 Å². The topological polar surface area (TPSA) is 92.5 Å². The van der Waals surface area contributed by atoms with Crippen LogP contribution in [0.1, 0.15) is 54.9 Å². The van der Waals surface area contributed by atoms with Crippen LogP contribution in [-0.4, -0.2) is 36.9 Å². The molecule has 0 radical (unpaired) electrons. The summed E-state index contributed by atoms with van der Waals surface area (Å²) in [6.45, 7) is 2.93. The average Bonchev–Trinajstić information content (AvgIpc) is 3.17. The van der Waals surface area contributed by atoms with Gasteiger partial charge in [-0.1, -0.05) is 36.7 Å². The quantitative estimate of drug-likeness (QED) is 0.835. The van der Waals surface area contributed by atoms with Gasteiger partial charge in [-0.3, -0.25) is 4.79 Å². The highest BCUT2D eigenvalue weighted by molar-refractivity contribution is 7.89. The van der Waals surface area contributed by atoms with E-state index in [0.717, 1.165) is 19.3 Å². The molecule has 1 aromatic carbocycles. The molecule has 1 aliphatic rings. The van der Waals surface area contributed by atoms with Crippen molar-refractivity contribution in [3.8, 4) is 0 Å². The van der Waals surface area contributed by atoms with Crippen molar-refractivity contribution < 1.29 is 17.7 Å². The number of nitrogens with zero attached hydrogens (tertiary/aromatic N) is 2. The first-order valence-corrected chi connectivity index (χ1v) is 10.3. The van der Waals surface area contributed by atoms with Crippen molar-refractivity contribution in [2.45, 2.75) is 43.5 Å². The van der Waals surface area contributed by atoms with Crippen molar-refractivity contribution in [1.29, 1.82) is 0 Å². The van der Waals surface area contributed by atoms with E-state index in [2.05, 4.69) is 10.5 Å². The highest BCUT2D eigenvalue weighted by Gasteiger charge is 2.36. The third kappa shape index (κ3) is 3.81. The maximum absolute atomic E-state index is 13.0. The van der Waals surface area contributed by atoms with Crippen LogP contribution in [0.2, 0.25) is 0 Å². The van der Waals surface area contributed by atoms with E-state index in [4.69, 9.17) is 4.52 Å². The van der Waals surface area contributed by atoms with Crippen molar-refractivity contribution >= 4 is 15.9 Å². The zero-order valence-electron chi connectivity index (χ0n) is 14.7. The van der Waals surface area contributed by atoms with Gasteiger partial charge in [0.05, 0.1) is 10.9 Å². The van der Waals surface area contributed by atoms with Crippen molar-refractivity contribution in [2.75, 3.05) is 13.1 Å². The highest BCUT2D eigenvalue weighted by Crippen LogP contribution is 2.35. The van der Waals surface area contributed by atoms with Crippen LogP contribution in [0.5, 0.6) is 0 Å². The van der Waals surface area contributed by atoms with Crippen LogP contribution in [0, 0.1) is 0 Å². The van der Waals surface area contributed by atoms with Crippen LogP contribution in [-0.2, 0) is 10.0 Å². The lowest BCUT2D eigenvalue weighted by Gasteiger charge is -2.33. The monoisotopic (exact) mass is 377 g/mol. The smallest absolute Gasteiger partial charge is 0.273 e. The van der Waals surface area contributed by atoms with Gasteiger partial charge >= 0.3 is 0 Å². The van der Waals surface area contributed by atoms with Gasteiger partial charge in [-0.25, -0.2) is 8.42 Å². The summed E-state index contributed by atoms with van der Waals surface area (Å²) < 4.78 is 32.9. The van der Waals surface area contributed by atoms with Crippen LogP contribution in [0.25, 0.3) is 0 Å².